The second-order valence-electron chi connectivity index (χ2n) is 6.42. The molecule has 2 aromatic rings. The van der Waals surface area contributed by atoms with Crippen molar-refractivity contribution in [3.8, 4) is 0 Å². The van der Waals surface area contributed by atoms with E-state index in [1.54, 1.807) is 11.5 Å². The van der Waals surface area contributed by atoms with Gasteiger partial charge in [-0.1, -0.05) is 31.8 Å². The van der Waals surface area contributed by atoms with Gasteiger partial charge in [0.05, 0.1) is 17.6 Å². The van der Waals surface area contributed by atoms with Gasteiger partial charge in [0.25, 0.3) is 0 Å². The molecule has 0 fully saturated rings. The monoisotopic (exact) mass is 320 g/mol. The SMILES string of the molecule is CCOC(=O)c1nc2ccccc2n1COCC[Si](C)(C)C. The largest absolute Gasteiger partial charge is 0.460 e. The summed E-state index contributed by atoms with van der Waals surface area (Å²) in [6.45, 7) is 10.1. The van der Waals surface area contributed by atoms with Crippen LogP contribution >= 0.6 is 0 Å². The molecule has 0 amide bonds. The van der Waals surface area contributed by atoms with Crippen molar-refractivity contribution >= 4 is 25.1 Å². The second kappa shape index (κ2) is 7.06. The van der Waals surface area contributed by atoms with Crippen LogP contribution < -0.4 is 0 Å². The first-order valence-electron chi connectivity index (χ1n) is 7.62. The van der Waals surface area contributed by atoms with E-state index in [-0.39, 0.29) is 0 Å². The minimum absolute atomic E-state index is 0.302. The Morgan fingerprint density at radius 1 is 1.27 bits per heavy atom. The summed E-state index contributed by atoms with van der Waals surface area (Å²) in [4.78, 5) is 16.4. The summed E-state index contributed by atoms with van der Waals surface area (Å²) in [6, 6.07) is 8.75. The Hall–Kier alpha value is -1.66. The number of hydrogen-bond donors (Lipinski definition) is 0. The van der Waals surface area contributed by atoms with Gasteiger partial charge in [0.1, 0.15) is 6.73 Å². The zero-order valence-corrected chi connectivity index (χ0v) is 14.8. The fraction of sp³-hybridized carbons (Fsp3) is 0.500. The maximum atomic E-state index is 12.1. The number of aromatic nitrogens is 2. The third kappa shape index (κ3) is 4.17. The average Bonchev–Trinajstić information content (AvgIpc) is 2.82. The van der Waals surface area contributed by atoms with Gasteiger partial charge in [-0.3, -0.25) is 4.57 Å². The highest BCUT2D eigenvalue weighted by Crippen LogP contribution is 2.17. The Bertz CT molecular complexity index is 646. The van der Waals surface area contributed by atoms with E-state index < -0.39 is 14.0 Å². The van der Waals surface area contributed by atoms with E-state index in [0.29, 0.717) is 25.8 Å². The molecule has 0 aliphatic carbocycles. The molecule has 0 spiro atoms. The van der Waals surface area contributed by atoms with Crippen LogP contribution in [0.25, 0.3) is 11.0 Å². The zero-order chi connectivity index (χ0) is 16.2. The van der Waals surface area contributed by atoms with Crippen LogP contribution in [0.2, 0.25) is 25.7 Å². The van der Waals surface area contributed by atoms with Crippen LogP contribution in [-0.2, 0) is 16.2 Å². The van der Waals surface area contributed by atoms with Crippen molar-refractivity contribution in [3.05, 3.63) is 30.1 Å². The van der Waals surface area contributed by atoms with Gasteiger partial charge in [0.15, 0.2) is 0 Å². The molecule has 2 rings (SSSR count). The molecule has 0 bridgehead atoms. The summed E-state index contributed by atoms with van der Waals surface area (Å²) in [5.74, 6) is -0.108. The Kier molecular flexibility index (Phi) is 5.36. The molecule has 1 aromatic heterocycles. The lowest BCUT2D eigenvalue weighted by Crippen LogP contribution is -2.22. The smallest absolute Gasteiger partial charge is 0.374 e. The van der Waals surface area contributed by atoms with Crippen molar-refractivity contribution in [2.75, 3.05) is 13.2 Å². The van der Waals surface area contributed by atoms with Crippen LogP contribution in [0, 0.1) is 0 Å². The second-order valence-corrected chi connectivity index (χ2v) is 12.0. The number of nitrogens with zero attached hydrogens (tertiary/aromatic N) is 2. The molecule has 6 heteroatoms. The summed E-state index contributed by atoms with van der Waals surface area (Å²) in [7, 11) is -1.12. The minimum atomic E-state index is -1.12. The summed E-state index contributed by atoms with van der Waals surface area (Å²) in [6.07, 6.45) is 0. The minimum Gasteiger partial charge on any atom is -0.460 e. The van der Waals surface area contributed by atoms with E-state index in [0.717, 1.165) is 17.1 Å². The summed E-state index contributed by atoms with van der Waals surface area (Å²) in [5.41, 5.74) is 1.66. The van der Waals surface area contributed by atoms with Crippen molar-refractivity contribution in [3.63, 3.8) is 0 Å². The van der Waals surface area contributed by atoms with Crippen LogP contribution in [0.3, 0.4) is 0 Å². The summed E-state index contributed by atoms with van der Waals surface area (Å²) < 4.78 is 12.7. The summed E-state index contributed by atoms with van der Waals surface area (Å²) >= 11 is 0. The lowest BCUT2D eigenvalue weighted by atomic mass is 10.3. The molecule has 5 nitrogen and oxygen atoms in total. The number of ether oxygens (including phenoxy) is 2. The van der Waals surface area contributed by atoms with Gasteiger partial charge in [-0.2, -0.15) is 0 Å². The van der Waals surface area contributed by atoms with Gasteiger partial charge in [-0.15, -0.1) is 0 Å². The fourth-order valence-electron chi connectivity index (χ4n) is 2.09. The number of benzene rings is 1. The highest BCUT2D eigenvalue weighted by molar-refractivity contribution is 6.76. The number of carbonyl (C=O) groups is 1. The predicted octanol–water partition coefficient (Wildman–Crippen LogP) is 3.53. The fourth-order valence-corrected chi connectivity index (χ4v) is 2.85. The van der Waals surface area contributed by atoms with Crippen LogP contribution in [0.15, 0.2) is 24.3 Å². The molecule has 22 heavy (non-hydrogen) atoms. The van der Waals surface area contributed by atoms with Crippen molar-refractivity contribution in [1.82, 2.24) is 9.55 Å². The molecule has 1 heterocycles. The number of imidazole rings is 1. The van der Waals surface area contributed by atoms with Gasteiger partial charge in [0.2, 0.25) is 5.82 Å². The van der Waals surface area contributed by atoms with Gasteiger partial charge < -0.3 is 9.47 Å². The summed E-state index contributed by atoms with van der Waals surface area (Å²) in [5, 5.41) is 0. The number of hydrogen-bond acceptors (Lipinski definition) is 4. The molecular formula is C16H24N2O3Si. The number of fused-ring (bicyclic) bond motifs is 1. The zero-order valence-electron chi connectivity index (χ0n) is 13.8. The lowest BCUT2D eigenvalue weighted by molar-refractivity contribution is 0.0468. The van der Waals surface area contributed by atoms with Crippen molar-refractivity contribution in [2.45, 2.75) is 39.3 Å². The van der Waals surface area contributed by atoms with E-state index in [1.807, 2.05) is 24.3 Å². The van der Waals surface area contributed by atoms with Crippen molar-refractivity contribution in [1.29, 1.82) is 0 Å². The van der Waals surface area contributed by atoms with Gasteiger partial charge in [0, 0.05) is 14.7 Å². The molecule has 0 N–H and O–H groups in total. The van der Waals surface area contributed by atoms with Crippen LogP contribution in [0.5, 0.6) is 0 Å². The highest BCUT2D eigenvalue weighted by Gasteiger charge is 2.19. The molecule has 0 atom stereocenters. The quantitative estimate of drug-likeness (QED) is 0.445. The van der Waals surface area contributed by atoms with E-state index in [4.69, 9.17) is 9.47 Å². The van der Waals surface area contributed by atoms with Crippen molar-refractivity contribution < 1.29 is 14.3 Å². The maximum absolute atomic E-state index is 12.1. The van der Waals surface area contributed by atoms with E-state index in [9.17, 15) is 4.79 Å². The van der Waals surface area contributed by atoms with Gasteiger partial charge >= 0.3 is 5.97 Å². The first-order valence-corrected chi connectivity index (χ1v) is 11.3. The normalized spacial score (nSPS) is 11.8. The third-order valence-electron chi connectivity index (χ3n) is 3.33. The Balaban J connectivity index is 2.18. The number of rotatable bonds is 7. The van der Waals surface area contributed by atoms with E-state index >= 15 is 0 Å². The highest BCUT2D eigenvalue weighted by atomic mass is 28.3. The standard InChI is InChI=1S/C16H24N2O3Si/c1-5-21-16(19)15-17-13-8-6-7-9-14(13)18(15)12-20-10-11-22(2,3)4/h6-9H,5,10-12H2,1-4H3. The van der Waals surface area contributed by atoms with Crippen molar-refractivity contribution in [2.24, 2.45) is 0 Å². The Morgan fingerprint density at radius 3 is 2.68 bits per heavy atom. The van der Waals surface area contributed by atoms with Crippen LogP contribution in [0.1, 0.15) is 17.5 Å². The topological polar surface area (TPSA) is 53.3 Å². The molecule has 0 aliphatic rings. The molecule has 0 saturated carbocycles. The molecular weight excluding hydrogens is 296 g/mol. The Labute approximate surface area is 132 Å². The number of carbonyl (C=O) groups excluding carboxylic acids is 1. The van der Waals surface area contributed by atoms with Gasteiger partial charge in [-0.25, -0.2) is 9.78 Å². The molecule has 0 saturated heterocycles. The molecule has 0 aliphatic heterocycles. The van der Waals surface area contributed by atoms with Gasteiger partial charge in [-0.05, 0) is 25.1 Å². The number of para-hydroxylation sites is 2. The van der Waals surface area contributed by atoms with E-state index in [1.165, 1.54) is 0 Å². The molecule has 120 valence electrons. The molecule has 0 unspecified atom stereocenters. The Morgan fingerprint density at radius 2 is 2.00 bits per heavy atom. The van der Waals surface area contributed by atoms with Crippen LogP contribution in [-0.4, -0.2) is 36.8 Å². The predicted molar refractivity (Wildman–Crippen MR) is 89.8 cm³/mol. The van der Waals surface area contributed by atoms with Crippen LogP contribution in [0.4, 0.5) is 0 Å². The molecule has 0 radical (unpaired) electrons. The molecule has 1 aromatic carbocycles. The van der Waals surface area contributed by atoms with E-state index in [2.05, 4.69) is 24.6 Å². The third-order valence-corrected chi connectivity index (χ3v) is 5.03. The maximum Gasteiger partial charge on any atom is 0.374 e. The lowest BCUT2D eigenvalue weighted by Gasteiger charge is -2.16. The average molecular weight is 320 g/mol. The number of esters is 1. The first-order chi connectivity index (χ1) is 10.4. The first kappa shape index (κ1) is 16.7.